The number of phenols is 1. The largest absolute Gasteiger partial charge is 0.508 e. The normalized spacial score (nSPS) is 11.7. The fourth-order valence-corrected chi connectivity index (χ4v) is 1.86. The van der Waals surface area contributed by atoms with Gasteiger partial charge in [-0.1, -0.05) is 31.9 Å². The molecule has 0 radical (unpaired) electrons. The molecule has 0 aliphatic heterocycles. The monoisotopic (exact) mass is 236 g/mol. The second-order valence-corrected chi connectivity index (χ2v) is 5.16. The molecular weight excluding hydrogens is 212 g/mol. The van der Waals surface area contributed by atoms with Crippen LogP contribution < -0.4 is 0 Å². The quantitative estimate of drug-likeness (QED) is 0.727. The van der Waals surface area contributed by atoms with E-state index in [0.717, 1.165) is 19.4 Å². The Kier molecular flexibility index (Phi) is 5.49. The first-order chi connectivity index (χ1) is 8.03. The molecule has 0 heterocycles. The van der Waals surface area contributed by atoms with Crippen molar-refractivity contribution in [3.05, 3.63) is 29.8 Å². The molecule has 0 fully saturated rings. The molecule has 0 unspecified atom stereocenters. The van der Waals surface area contributed by atoms with Crippen LogP contribution in [0.5, 0.6) is 5.75 Å². The standard InChI is InChI=1S/C15H24O2/c1-4-5-6-11-17-15(2,3)12-13-7-9-14(16)10-8-13/h7-10,16H,4-6,11-12H2,1-3H3. The van der Waals surface area contributed by atoms with E-state index >= 15 is 0 Å². The minimum absolute atomic E-state index is 0.134. The first kappa shape index (κ1) is 14.0. The summed E-state index contributed by atoms with van der Waals surface area (Å²) in [4.78, 5) is 0. The summed E-state index contributed by atoms with van der Waals surface area (Å²) < 4.78 is 5.90. The summed E-state index contributed by atoms with van der Waals surface area (Å²) in [7, 11) is 0. The molecule has 2 heteroatoms. The summed E-state index contributed by atoms with van der Waals surface area (Å²) in [6.07, 6.45) is 4.46. The molecule has 96 valence electrons. The number of ether oxygens (including phenoxy) is 1. The van der Waals surface area contributed by atoms with Gasteiger partial charge in [0.2, 0.25) is 0 Å². The predicted molar refractivity (Wildman–Crippen MR) is 71.4 cm³/mol. The molecule has 2 nitrogen and oxygen atoms in total. The third kappa shape index (κ3) is 5.73. The van der Waals surface area contributed by atoms with Crippen LogP contribution in [0.4, 0.5) is 0 Å². The fraction of sp³-hybridized carbons (Fsp3) is 0.600. The molecule has 0 amide bonds. The molecule has 0 spiro atoms. The summed E-state index contributed by atoms with van der Waals surface area (Å²) in [5, 5.41) is 9.22. The van der Waals surface area contributed by atoms with Crippen molar-refractivity contribution in [2.24, 2.45) is 0 Å². The van der Waals surface area contributed by atoms with Gasteiger partial charge in [-0.25, -0.2) is 0 Å². The zero-order chi connectivity index (χ0) is 12.7. The fourth-order valence-electron chi connectivity index (χ4n) is 1.86. The number of hydrogen-bond donors (Lipinski definition) is 1. The molecule has 0 saturated heterocycles. The van der Waals surface area contributed by atoms with Gasteiger partial charge in [-0.2, -0.15) is 0 Å². The third-order valence-electron chi connectivity index (χ3n) is 2.81. The van der Waals surface area contributed by atoms with Gasteiger partial charge >= 0.3 is 0 Å². The van der Waals surface area contributed by atoms with Crippen molar-refractivity contribution in [1.82, 2.24) is 0 Å². The number of hydrogen-bond acceptors (Lipinski definition) is 2. The second kappa shape index (κ2) is 6.65. The van der Waals surface area contributed by atoms with E-state index in [0.29, 0.717) is 5.75 Å². The Morgan fingerprint density at radius 1 is 1.12 bits per heavy atom. The van der Waals surface area contributed by atoms with E-state index in [2.05, 4.69) is 20.8 Å². The smallest absolute Gasteiger partial charge is 0.115 e. The first-order valence-electron chi connectivity index (χ1n) is 6.45. The summed E-state index contributed by atoms with van der Waals surface area (Å²) in [6.45, 7) is 7.26. The molecule has 0 aliphatic carbocycles. The van der Waals surface area contributed by atoms with E-state index in [1.807, 2.05) is 12.1 Å². The van der Waals surface area contributed by atoms with Crippen molar-refractivity contribution in [3.8, 4) is 5.75 Å². The first-order valence-corrected chi connectivity index (χ1v) is 6.45. The molecule has 0 aliphatic rings. The van der Waals surface area contributed by atoms with Crippen LogP contribution in [0.3, 0.4) is 0 Å². The van der Waals surface area contributed by atoms with Crippen molar-refractivity contribution < 1.29 is 9.84 Å². The number of aromatic hydroxyl groups is 1. The SMILES string of the molecule is CCCCCOC(C)(C)Cc1ccc(O)cc1. The molecule has 0 aromatic heterocycles. The maximum atomic E-state index is 9.22. The van der Waals surface area contributed by atoms with Gasteiger partial charge in [0.1, 0.15) is 5.75 Å². The van der Waals surface area contributed by atoms with Crippen LogP contribution in [0.1, 0.15) is 45.6 Å². The zero-order valence-electron chi connectivity index (χ0n) is 11.2. The third-order valence-corrected chi connectivity index (χ3v) is 2.81. The van der Waals surface area contributed by atoms with Crippen LogP contribution in [-0.2, 0) is 11.2 Å². The van der Waals surface area contributed by atoms with Crippen molar-refractivity contribution in [1.29, 1.82) is 0 Å². The van der Waals surface area contributed by atoms with E-state index in [1.54, 1.807) is 12.1 Å². The Balaban J connectivity index is 2.40. The van der Waals surface area contributed by atoms with Gasteiger partial charge in [0.15, 0.2) is 0 Å². The number of unbranched alkanes of at least 4 members (excludes halogenated alkanes) is 2. The zero-order valence-corrected chi connectivity index (χ0v) is 11.2. The Morgan fingerprint density at radius 2 is 1.76 bits per heavy atom. The van der Waals surface area contributed by atoms with E-state index in [4.69, 9.17) is 4.74 Å². The molecule has 0 saturated carbocycles. The van der Waals surface area contributed by atoms with Crippen molar-refractivity contribution in [2.75, 3.05) is 6.61 Å². The maximum Gasteiger partial charge on any atom is 0.115 e. The van der Waals surface area contributed by atoms with Crippen LogP contribution in [0.15, 0.2) is 24.3 Å². The lowest BCUT2D eigenvalue weighted by Gasteiger charge is -2.25. The number of rotatable bonds is 7. The van der Waals surface area contributed by atoms with Gasteiger partial charge in [0, 0.05) is 13.0 Å². The van der Waals surface area contributed by atoms with E-state index in [9.17, 15) is 5.11 Å². The highest BCUT2D eigenvalue weighted by atomic mass is 16.5. The van der Waals surface area contributed by atoms with Gasteiger partial charge in [-0.3, -0.25) is 0 Å². The van der Waals surface area contributed by atoms with Crippen LogP contribution in [0, 0.1) is 0 Å². The van der Waals surface area contributed by atoms with E-state index in [-0.39, 0.29) is 5.60 Å². The lowest BCUT2D eigenvalue weighted by atomic mass is 9.98. The molecule has 0 bridgehead atoms. The lowest BCUT2D eigenvalue weighted by Crippen LogP contribution is -2.27. The minimum atomic E-state index is -0.134. The van der Waals surface area contributed by atoms with E-state index < -0.39 is 0 Å². The Hall–Kier alpha value is -1.02. The number of benzene rings is 1. The highest BCUT2D eigenvalue weighted by Crippen LogP contribution is 2.19. The van der Waals surface area contributed by atoms with Crippen LogP contribution in [-0.4, -0.2) is 17.3 Å². The average Bonchev–Trinajstić information content (AvgIpc) is 2.27. The van der Waals surface area contributed by atoms with Gasteiger partial charge in [0.25, 0.3) is 0 Å². The molecule has 1 aromatic carbocycles. The van der Waals surface area contributed by atoms with Gasteiger partial charge in [0.05, 0.1) is 5.60 Å². The molecular formula is C15H24O2. The Labute approximate surface area is 105 Å². The molecule has 0 atom stereocenters. The molecule has 1 aromatic rings. The molecule has 17 heavy (non-hydrogen) atoms. The Bertz CT molecular complexity index is 314. The van der Waals surface area contributed by atoms with Crippen LogP contribution in [0.2, 0.25) is 0 Å². The highest BCUT2D eigenvalue weighted by Gasteiger charge is 2.18. The Morgan fingerprint density at radius 3 is 2.35 bits per heavy atom. The summed E-state index contributed by atoms with van der Waals surface area (Å²) in [5.41, 5.74) is 1.06. The lowest BCUT2D eigenvalue weighted by molar-refractivity contribution is -0.0186. The van der Waals surface area contributed by atoms with E-state index in [1.165, 1.54) is 18.4 Å². The minimum Gasteiger partial charge on any atom is -0.508 e. The van der Waals surface area contributed by atoms with Gasteiger partial charge in [-0.15, -0.1) is 0 Å². The summed E-state index contributed by atoms with van der Waals surface area (Å²) in [5.74, 6) is 0.315. The van der Waals surface area contributed by atoms with Gasteiger partial charge in [-0.05, 0) is 38.0 Å². The average molecular weight is 236 g/mol. The highest BCUT2D eigenvalue weighted by molar-refractivity contribution is 5.26. The number of phenolic OH excluding ortho intramolecular Hbond substituents is 1. The van der Waals surface area contributed by atoms with Crippen molar-refractivity contribution in [3.63, 3.8) is 0 Å². The van der Waals surface area contributed by atoms with Crippen molar-refractivity contribution in [2.45, 2.75) is 52.1 Å². The maximum absolute atomic E-state index is 9.22. The molecule has 1 rings (SSSR count). The van der Waals surface area contributed by atoms with Crippen LogP contribution >= 0.6 is 0 Å². The summed E-state index contributed by atoms with van der Waals surface area (Å²) in [6, 6.07) is 7.35. The predicted octanol–water partition coefficient (Wildman–Crippen LogP) is 3.92. The molecule has 1 N–H and O–H groups in total. The van der Waals surface area contributed by atoms with Crippen LogP contribution in [0.25, 0.3) is 0 Å². The van der Waals surface area contributed by atoms with Gasteiger partial charge < -0.3 is 9.84 Å². The van der Waals surface area contributed by atoms with Crippen molar-refractivity contribution >= 4 is 0 Å². The summed E-state index contributed by atoms with van der Waals surface area (Å²) >= 11 is 0. The topological polar surface area (TPSA) is 29.5 Å². The second-order valence-electron chi connectivity index (χ2n) is 5.16.